The van der Waals surface area contributed by atoms with Crippen LogP contribution in [0.25, 0.3) is 17.0 Å². The first-order valence-corrected chi connectivity index (χ1v) is 9.94. The summed E-state index contributed by atoms with van der Waals surface area (Å²) in [5.41, 5.74) is 1.66. The Kier molecular flexibility index (Phi) is 6.22. The summed E-state index contributed by atoms with van der Waals surface area (Å²) < 4.78 is 10.7. The number of fused-ring (bicyclic) bond motifs is 1. The maximum Gasteiger partial charge on any atom is 0.407 e. The summed E-state index contributed by atoms with van der Waals surface area (Å²) in [7, 11) is 1.66. The van der Waals surface area contributed by atoms with Crippen LogP contribution in [0.4, 0.5) is 4.79 Å². The van der Waals surface area contributed by atoms with Crippen molar-refractivity contribution in [2.45, 2.75) is 58.1 Å². The molecule has 1 amide bonds. The van der Waals surface area contributed by atoms with Gasteiger partial charge in [-0.05, 0) is 70.1 Å². The number of pyridine rings is 1. The quantitative estimate of drug-likeness (QED) is 0.775. The fourth-order valence-electron chi connectivity index (χ4n) is 3.58. The highest BCUT2D eigenvalue weighted by Crippen LogP contribution is 2.28. The number of nitrogens with zero attached hydrogens (tertiary/aromatic N) is 1. The van der Waals surface area contributed by atoms with Crippen molar-refractivity contribution in [3.05, 3.63) is 42.1 Å². The summed E-state index contributed by atoms with van der Waals surface area (Å²) in [4.78, 5) is 16.4. The maximum absolute atomic E-state index is 11.9. The van der Waals surface area contributed by atoms with E-state index in [2.05, 4.69) is 28.5 Å². The summed E-state index contributed by atoms with van der Waals surface area (Å²) in [6, 6.07) is 8.38. The molecule has 1 heterocycles. The van der Waals surface area contributed by atoms with Gasteiger partial charge in [0.15, 0.2) is 0 Å². The molecule has 0 aliphatic heterocycles. The summed E-state index contributed by atoms with van der Waals surface area (Å²) in [5.74, 6) is 1.28. The van der Waals surface area contributed by atoms with Crippen molar-refractivity contribution in [1.29, 1.82) is 0 Å². The molecule has 2 aromatic rings. The van der Waals surface area contributed by atoms with Gasteiger partial charge in [-0.3, -0.25) is 4.98 Å². The van der Waals surface area contributed by atoms with Crippen molar-refractivity contribution in [1.82, 2.24) is 10.3 Å². The zero-order valence-corrected chi connectivity index (χ0v) is 17.2. The number of aromatic nitrogens is 1. The number of benzene rings is 1. The van der Waals surface area contributed by atoms with E-state index in [1.54, 1.807) is 13.3 Å². The molecule has 1 aliphatic rings. The van der Waals surface area contributed by atoms with Gasteiger partial charge in [-0.25, -0.2) is 4.79 Å². The molecule has 0 bridgehead atoms. The Hall–Kier alpha value is -2.56. The molecular formula is C23H30N2O3. The minimum Gasteiger partial charge on any atom is -0.495 e. The molecule has 1 aromatic carbocycles. The predicted octanol–water partition coefficient (Wildman–Crippen LogP) is 5.34. The highest BCUT2D eigenvalue weighted by atomic mass is 16.6. The molecule has 1 aromatic heterocycles. The van der Waals surface area contributed by atoms with E-state index >= 15 is 0 Å². The number of amides is 1. The third-order valence-electron chi connectivity index (χ3n) is 5.01. The van der Waals surface area contributed by atoms with Crippen LogP contribution in [0.3, 0.4) is 0 Å². The normalized spacial score (nSPS) is 20.3. The summed E-state index contributed by atoms with van der Waals surface area (Å²) in [6.45, 7) is 5.64. The van der Waals surface area contributed by atoms with Crippen LogP contribution in [0.5, 0.6) is 5.75 Å². The molecule has 0 atom stereocenters. The van der Waals surface area contributed by atoms with Gasteiger partial charge in [0.05, 0.1) is 18.8 Å². The number of methoxy groups -OCH3 is 1. The number of carbonyl (C=O) groups excluding carboxylic acids is 1. The molecule has 0 spiro atoms. The van der Waals surface area contributed by atoms with Gasteiger partial charge in [-0.1, -0.05) is 24.3 Å². The summed E-state index contributed by atoms with van der Waals surface area (Å²) in [6.07, 6.45) is 9.97. The molecule has 1 aliphatic carbocycles. The zero-order valence-electron chi connectivity index (χ0n) is 17.2. The number of hydrogen-bond donors (Lipinski definition) is 1. The fourth-order valence-corrected chi connectivity index (χ4v) is 3.58. The second-order valence-corrected chi connectivity index (χ2v) is 8.41. The third kappa shape index (κ3) is 5.47. The molecular weight excluding hydrogens is 352 g/mol. The monoisotopic (exact) mass is 382 g/mol. The first-order chi connectivity index (χ1) is 13.3. The van der Waals surface area contributed by atoms with Crippen molar-refractivity contribution in [2.24, 2.45) is 5.92 Å². The van der Waals surface area contributed by atoms with E-state index in [9.17, 15) is 4.79 Å². The largest absolute Gasteiger partial charge is 0.495 e. The van der Waals surface area contributed by atoms with Gasteiger partial charge < -0.3 is 14.8 Å². The Bertz CT molecular complexity index is 847. The van der Waals surface area contributed by atoms with E-state index in [0.29, 0.717) is 5.92 Å². The molecule has 0 saturated heterocycles. The Morgan fingerprint density at radius 3 is 2.64 bits per heavy atom. The molecule has 1 N–H and O–H groups in total. The highest BCUT2D eigenvalue weighted by molar-refractivity contribution is 5.88. The first-order valence-electron chi connectivity index (χ1n) is 9.94. The number of hydrogen-bond acceptors (Lipinski definition) is 4. The van der Waals surface area contributed by atoms with Crippen LogP contribution >= 0.6 is 0 Å². The lowest BCUT2D eigenvalue weighted by atomic mass is 9.85. The smallest absolute Gasteiger partial charge is 0.407 e. The second-order valence-electron chi connectivity index (χ2n) is 8.41. The number of allylic oxidation sites excluding steroid dienone is 1. The number of nitrogens with one attached hydrogen (secondary N) is 1. The lowest BCUT2D eigenvalue weighted by Gasteiger charge is -2.28. The van der Waals surface area contributed by atoms with E-state index in [1.807, 2.05) is 39.0 Å². The topological polar surface area (TPSA) is 60.5 Å². The number of ether oxygens (including phenoxy) is 2. The maximum atomic E-state index is 11.9. The van der Waals surface area contributed by atoms with Crippen molar-refractivity contribution in [3.8, 4) is 5.75 Å². The lowest BCUT2D eigenvalue weighted by Crippen LogP contribution is -2.40. The number of alkyl carbamates (subject to hydrolysis) is 1. The van der Waals surface area contributed by atoms with Crippen molar-refractivity contribution >= 4 is 23.1 Å². The van der Waals surface area contributed by atoms with Crippen LogP contribution < -0.4 is 10.1 Å². The van der Waals surface area contributed by atoms with Crippen LogP contribution in [0, 0.1) is 5.92 Å². The van der Waals surface area contributed by atoms with Crippen LogP contribution in [0.15, 0.2) is 36.5 Å². The number of carbonyl (C=O) groups is 1. The van der Waals surface area contributed by atoms with Gasteiger partial charge >= 0.3 is 6.09 Å². The molecule has 150 valence electrons. The average molecular weight is 383 g/mol. The lowest BCUT2D eigenvalue weighted by molar-refractivity contribution is 0.0490. The predicted molar refractivity (Wildman–Crippen MR) is 112 cm³/mol. The molecule has 28 heavy (non-hydrogen) atoms. The summed E-state index contributed by atoms with van der Waals surface area (Å²) in [5, 5.41) is 4.09. The molecule has 0 radical (unpaired) electrons. The Labute approximate surface area is 167 Å². The van der Waals surface area contributed by atoms with Gasteiger partial charge in [0.1, 0.15) is 11.4 Å². The Morgan fingerprint density at radius 2 is 1.96 bits per heavy atom. The standard InChI is InChI=1S/C23H30N2O3/c1-23(2,3)28-22(26)25-18-12-9-16(10-13-18)8-11-17-6-5-7-21-20(17)14-19(27-4)15-24-21/h5-8,11,14-16,18H,9-10,12-13H2,1-4H3,(H,25,26)/t16-,18-. The van der Waals surface area contributed by atoms with E-state index < -0.39 is 5.60 Å². The highest BCUT2D eigenvalue weighted by Gasteiger charge is 2.23. The molecule has 3 rings (SSSR count). The van der Waals surface area contributed by atoms with Gasteiger partial charge in [0.2, 0.25) is 0 Å². The van der Waals surface area contributed by atoms with Crippen LogP contribution in [-0.4, -0.2) is 29.8 Å². The minimum atomic E-state index is -0.458. The molecule has 1 saturated carbocycles. The van der Waals surface area contributed by atoms with Crippen LogP contribution in [0.1, 0.15) is 52.0 Å². The average Bonchev–Trinajstić information content (AvgIpc) is 2.65. The zero-order chi connectivity index (χ0) is 20.1. The molecule has 0 unspecified atom stereocenters. The van der Waals surface area contributed by atoms with E-state index in [4.69, 9.17) is 9.47 Å². The minimum absolute atomic E-state index is 0.200. The van der Waals surface area contributed by atoms with Crippen molar-refractivity contribution in [3.63, 3.8) is 0 Å². The van der Waals surface area contributed by atoms with Crippen LogP contribution in [0.2, 0.25) is 0 Å². The first kappa shape index (κ1) is 20.2. The van der Waals surface area contributed by atoms with Gasteiger partial charge in [0, 0.05) is 11.4 Å². The van der Waals surface area contributed by atoms with E-state index in [-0.39, 0.29) is 12.1 Å². The number of rotatable bonds is 4. The second kappa shape index (κ2) is 8.63. The van der Waals surface area contributed by atoms with Gasteiger partial charge in [-0.15, -0.1) is 0 Å². The molecule has 5 heteroatoms. The fraction of sp³-hybridized carbons (Fsp3) is 0.478. The van der Waals surface area contributed by atoms with Gasteiger partial charge in [-0.2, -0.15) is 0 Å². The SMILES string of the molecule is COc1cnc2cccc(C=C[C@H]3CC[C@H](NC(=O)OC(C)(C)C)CC3)c2c1. The van der Waals surface area contributed by atoms with Crippen molar-refractivity contribution < 1.29 is 14.3 Å². The van der Waals surface area contributed by atoms with E-state index in [1.165, 1.54) is 0 Å². The third-order valence-corrected chi connectivity index (χ3v) is 5.01. The summed E-state index contributed by atoms with van der Waals surface area (Å²) >= 11 is 0. The Morgan fingerprint density at radius 1 is 1.21 bits per heavy atom. The van der Waals surface area contributed by atoms with Crippen molar-refractivity contribution in [2.75, 3.05) is 7.11 Å². The Balaban J connectivity index is 1.58. The van der Waals surface area contributed by atoms with Gasteiger partial charge in [0.25, 0.3) is 0 Å². The molecule has 1 fully saturated rings. The molecule has 5 nitrogen and oxygen atoms in total. The van der Waals surface area contributed by atoms with E-state index in [0.717, 1.165) is 47.9 Å². The van der Waals surface area contributed by atoms with Crippen LogP contribution in [-0.2, 0) is 4.74 Å².